The summed E-state index contributed by atoms with van der Waals surface area (Å²) in [5, 5.41) is 7.87. The number of benzene rings is 2. The van der Waals surface area contributed by atoms with Gasteiger partial charge in [-0.3, -0.25) is 4.79 Å². The molecule has 1 aliphatic heterocycles. The maximum Gasteiger partial charge on any atom is 0.256 e. The Morgan fingerprint density at radius 2 is 1.84 bits per heavy atom. The van der Waals surface area contributed by atoms with Crippen molar-refractivity contribution in [3.63, 3.8) is 0 Å². The Morgan fingerprint density at radius 3 is 2.52 bits per heavy atom. The van der Waals surface area contributed by atoms with E-state index in [9.17, 15) is 13.2 Å². The second-order valence-electron chi connectivity index (χ2n) is 7.37. The summed E-state index contributed by atoms with van der Waals surface area (Å²) in [5.74, 6) is 0.392. The average Bonchev–Trinajstić information content (AvgIpc) is 3.21. The molecule has 7 nitrogen and oxygen atoms in total. The van der Waals surface area contributed by atoms with Crippen LogP contribution in [0, 0.1) is 0 Å². The van der Waals surface area contributed by atoms with Crippen molar-refractivity contribution in [2.45, 2.75) is 31.3 Å². The number of hydrogen-bond acceptors (Lipinski definition) is 5. The zero-order chi connectivity index (χ0) is 22.0. The topological polar surface area (TPSA) is 90.3 Å². The molecule has 0 fully saturated rings. The van der Waals surface area contributed by atoms with Crippen LogP contribution in [0.2, 0.25) is 5.02 Å². The van der Waals surface area contributed by atoms with Crippen molar-refractivity contribution >= 4 is 33.2 Å². The molecule has 0 aliphatic carbocycles. The highest BCUT2D eigenvalue weighted by atomic mass is 35.5. The zero-order valence-corrected chi connectivity index (χ0v) is 18.5. The van der Waals surface area contributed by atoms with Crippen molar-refractivity contribution in [3.8, 4) is 11.4 Å². The van der Waals surface area contributed by atoms with Gasteiger partial charge < -0.3 is 10.1 Å². The summed E-state index contributed by atoms with van der Waals surface area (Å²) in [6.07, 6.45) is 2.01. The molecule has 0 bridgehead atoms. The van der Waals surface area contributed by atoms with Crippen LogP contribution in [0.15, 0.2) is 48.5 Å². The van der Waals surface area contributed by atoms with Gasteiger partial charge >= 0.3 is 0 Å². The van der Waals surface area contributed by atoms with E-state index in [1.807, 2.05) is 0 Å². The van der Waals surface area contributed by atoms with E-state index in [1.165, 1.54) is 0 Å². The van der Waals surface area contributed by atoms with Gasteiger partial charge in [-0.15, -0.1) is 0 Å². The molecular formula is C22H22ClN3O4S. The lowest BCUT2D eigenvalue weighted by atomic mass is 10.2. The normalized spacial score (nSPS) is 14.3. The van der Waals surface area contributed by atoms with Crippen LogP contribution in [-0.4, -0.2) is 30.7 Å². The number of anilines is 1. The van der Waals surface area contributed by atoms with Crippen molar-refractivity contribution in [1.29, 1.82) is 0 Å². The highest BCUT2D eigenvalue weighted by Gasteiger charge is 2.33. The lowest BCUT2D eigenvalue weighted by Gasteiger charge is -2.12. The molecule has 1 N–H and O–H groups in total. The maximum atomic E-state index is 12.9. The molecule has 3 aromatic rings. The van der Waals surface area contributed by atoms with Gasteiger partial charge in [-0.05, 0) is 55.0 Å². The lowest BCUT2D eigenvalue weighted by molar-refractivity contribution is 0.102. The first-order valence-corrected chi connectivity index (χ1v) is 12.2. The predicted octanol–water partition coefficient (Wildman–Crippen LogP) is 4.39. The largest absolute Gasteiger partial charge is 0.494 e. The average molecular weight is 460 g/mol. The van der Waals surface area contributed by atoms with Gasteiger partial charge in [0.15, 0.2) is 9.84 Å². The number of amides is 1. The molecule has 162 valence electrons. The van der Waals surface area contributed by atoms with E-state index in [-0.39, 0.29) is 17.4 Å². The Labute approximate surface area is 185 Å². The number of ether oxygens (including phenoxy) is 1. The predicted molar refractivity (Wildman–Crippen MR) is 120 cm³/mol. The summed E-state index contributed by atoms with van der Waals surface area (Å²) >= 11 is 5.98. The molecule has 0 saturated carbocycles. The third kappa shape index (κ3) is 4.75. The number of unbranched alkanes of at least 4 members (excludes halogenated alkanes) is 1. The summed E-state index contributed by atoms with van der Waals surface area (Å²) in [6, 6.07) is 13.8. The van der Waals surface area contributed by atoms with Crippen LogP contribution >= 0.6 is 11.6 Å². The molecule has 2 heterocycles. The van der Waals surface area contributed by atoms with Crippen LogP contribution in [0.3, 0.4) is 0 Å². The van der Waals surface area contributed by atoms with Gasteiger partial charge in [0.1, 0.15) is 11.6 Å². The third-order valence-electron chi connectivity index (χ3n) is 4.97. The number of fused-ring (bicyclic) bond motifs is 1. The number of carbonyl (C=O) groups is 1. The number of hydrogen-bond donors (Lipinski definition) is 1. The molecule has 1 aliphatic rings. The maximum absolute atomic E-state index is 12.9. The monoisotopic (exact) mass is 459 g/mol. The molecule has 0 spiro atoms. The van der Waals surface area contributed by atoms with Gasteiger partial charge in [0.25, 0.3) is 5.91 Å². The Hall–Kier alpha value is -2.84. The number of halogens is 1. The van der Waals surface area contributed by atoms with Gasteiger partial charge in [0.05, 0.1) is 29.5 Å². The summed E-state index contributed by atoms with van der Waals surface area (Å²) in [4.78, 5) is 12.9. The van der Waals surface area contributed by atoms with Crippen molar-refractivity contribution in [3.05, 3.63) is 70.4 Å². The lowest BCUT2D eigenvalue weighted by Crippen LogP contribution is -2.17. The molecular weight excluding hydrogens is 438 g/mol. The molecule has 31 heavy (non-hydrogen) atoms. The first kappa shape index (κ1) is 21.4. The van der Waals surface area contributed by atoms with Crippen molar-refractivity contribution in [2.75, 3.05) is 11.9 Å². The quantitative estimate of drug-likeness (QED) is 0.529. The van der Waals surface area contributed by atoms with E-state index in [2.05, 4.69) is 17.3 Å². The van der Waals surface area contributed by atoms with Gasteiger partial charge in [-0.1, -0.05) is 24.9 Å². The molecule has 2 aromatic carbocycles. The van der Waals surface area contributed by atoms with Crippen molar-refractivity contribution in [1.82, 2.24) is 9.78 Å². The zero-order valence-electron chi connectivity index (χ0n) is 17.0. The fourth-order valence-electron chi connectivity index (χ4n) is 3.36. The molecule has 0 radical (unpaired) electrons. The van der Waals surface area contributed by atoms with Gasteiger partial charge in [-0.25, -0.2) is 13.1 Å². The Morgan fingerprint density at radius 1 is 1.13 bits per heavy atom. The molecule has 1 amide bonds. The number of nitrogens with one attached hydrogen (secondary N) is 1. The Bertz CT molecular complexity index is 1200. The number of rotatable bonds is 7. The van der Waals surface area contributed by atoms with E-state index in [0.717, 1.165) is 12.8 Å². The molecule has 4 rings (SSSR count). The minimum atomic E-state index is -3.27. The van der Waals surface area contributed by atoms with Gasteiger partial charge in [0, 0.05) is 16.1 Å². The summed E-state index contributed by atoms with van der Waals surface area (Å²) in [5.41, 5.74) is 2.07. The van der Waals surface area contributed by atoms with E-state index >= 15 is 0 Å². The van der Waals surface area contributed by atoms with E-state index < -0.39 is 9.84 Å². The minimum absolute atomic E-state index is 0.143. The smallest absolute Gasteiger partial charge is 0.256 e. The van der Waals surface area contributed by atoms with Crippen molar-refractivity contribution in [2.24, 2.45) is 0 Å². The molecule has 1 aromatic heterocycles. The van der Waals surface area contributed by atoms with Crippen LogP contribution in [0.5, 0.6) is 5.75 Å². The second kappa shape index (κ2) is 8.72. The fourth-order valence-corrected chi connectivity index (χ4v) is 4.98. The minimum Gasteiger partial charge on any atom is -0.494 e. The number of aromatic nitrogens is 2. The number of carbonyl (C=O) groups excluding carboxylic acids is 1. The first-order valence-electron chi connectivity index (χ1n) is 9.97. The van der Waals surface area contributed by atoms with Gasteiger partial charge in [0.2, 0.25) is 0 Å². The number of sulfone groups is 1. The van der Waals surface area contributed by atoms with Crippen LogP contribution in [-0.2, 0) is 21.3 Å². The van der Waals surface area contributed by atoms with Crippen molar-refractivity contribution < 1.29 is 17.9 Å². The molecule has 0 unspecified atom stereocenters. The van der Waals surface area contributed by atoms with Crippen LogP contribution in [0.25, 0.3) is 5.69 Å². The van der Waals surface area contributed by atoms with Crippen LogP contribution < -0.4 is 10.1 Å². The van der Waals surface area contributed by atoms with E-state index in [0.29, 0.717) is 45.7 Å². The molecule has 0 atom stereocenters. The number of nitrogens with zero attached hydrogens (tertiary/aromatic N) is 2. The highest BCUT2D eigenvalue weighted by molar-refractivity contribution is 7.90. The van der Waals surface area contributed by atoms with E-state index in [4.69, 9.17) is 16.3 Å². The fraction of sp³-hybridized carbons (Fsp3) is 0.273. The molecule has 0 saturated heterocycles. The standard InChI is InChI=1S/C22H22ClN3O4S/c1-2-3-12-30-18-10-4-15(5-11-18)22(27)24-21-19-13-31(28,29)14-20(19)25-26(21)17-8-6-16(23)7-9-17/h4-11H,2-3,12-14H2,1H3,(H,24,27). The Kier molecular flexibility index (Phi) is 6.02. The Balaban J connectivity index is 1.61. The van der Waals surface area contributed by atoms with E-state index in [1.54, 1.807) is 53.2 Å². The summed E-state index contributed by atoms with van der Waals surface area (Å²) in [6.45, 7) is 2.72. The first-order chi connectivity index (χ1) is 14.9. The summed E-state index contributed by atoms with van der Waals surface area (Å²) < 4.78 is 31.4. The summed E-state index contributed by atoms with van der Waals surface area (Å²) in [7, 11) is -3.27. The third-order valence-corrected chi connectivity index (χ3v) is 6.67. The molecule has 9 heteroatoms. The SMILES string of the molecule is CCCCOc1ccc(C(=O)Nc2c3c(nn2-c2ccc(Cl)cc2)CS(=O)(=O)C3)cc1. The van der Waals surface area contributed by atoms with Gasteiger partial charge in [-0.2, -0.15) is 5.10 Å². The van der Waals surface area contributed by atoms with Crippen LogP contribution in [0.1, 0.15) is 41.4 Å². The second-order valence-corrected chi connectivity index (χ2v) is 9.88. The highest BCUT2D eigenvalue weighted by Crippen LogP contribution is 2.33. The van der Waals surface area contributed by atoms with Crippen LogP contribution in [0.4, 0.5) is 5.82 Å².